The average molecular weight is 433 g/mol. The van der Waals surface area contributed by atoms with Gasteiger partial charge < -0.3 is 27.7 Å². The Morgan fingerprint density at radius 1 is 0.852 bits per heavy atom. The minimum absolute atomic E-state index is 0.0159. The Labute approximate surface area is 165 Å². The number of hydrogen-bond acceptors (Lipinski definition) is 7. The van der Waals surface area contributed by atoms with Crippen molar-refractivity contribution in [2.75, 3.05) is 29.5 Å². The standard InChI is InChI=1S/C19H21BrN4O3/c1-2-3-4-5-27-11-7-10(22)13-15(17(11)24)19(26)14-12(18(13)25)9(21)6-8(20)16(14)23/h6-7H,2-5,21-24H2,1H3. The van der Waals surface area contributed by atoms with Crippen molar-refractivity contribution in [3.8, 4) is 5.75 Å². The molecule has 27 heavy (non-hydrogen) atoms. The Kier molecular flexibility index (Phi) is 5.01. The highest BCUT2D eigenvalue weighted by Gasteiger charge is 2.38. The van der Waals surface area contributed by atoms with Crippen LogP contribution in [-0.4, -0.2) is 18.2 Å². The molecule has 3 rings (SSSR count). The zero-order valence-electron chi connectivity index (χ0n) is 14.9. The summed E-state index contributed by atoms with van der Waals surface area (Å²) in [4.78, 5) is 26.2. The van der Waals surface area contributed by atoms with Gasteiger partial charge in [0.1, 0.15) is 5.75 Å². The molecule has 2 aromatic rings. The van der Waals surface area contributed by atoms with E-state index >= 15 is 0 Å². The number of nitrogens with two attached hydrogens (primary N) is 4. The second kappa shape index (κ2) is 7.11. The number of benzene rings is 2. The monoisotopic (exact) mass is 432 g/mol. The van der Waals surface area contributed by atoms with Gasteiger partial charge in [0.25, 0.3) is 0 Å². The molecule has 8 N–H and O–H groups in total. The van der Waals surface area contributed by atoms with E-state index < -0.39 is 11.6 Å². The molecule has 8 heteroatoms. The first-order chi connectivity index (χ1) is 12.8. The maximum atomic E-state index is 13.2. The van der Waals surface area contributed by atoms with Crippen molar-refractivity contribution in [2.45, 2.75) is 26.2 Å². The maximum absolute atomic E-state index is 13.2. The van der Waals surface area contributed by atoms with Crippen LogP contribution < -0.4 is 27.7 Å². The van der Waals surface area contributed by atoms with Crippen molar-refractivity contribution in [2.24, 2.45) is 0 Å². The van der Waals surface area contributed by atoms with Crippen molar-refractivity contribution in [3.05, 3.63) is 38.9 Å². The third kappa shape index (κ3) is 2.99. The highest BCUT2D eigenvalue weighted by atomic mass is 79.9. The zero-order valence-corrected chi connectivity index (χ0v) is 16.5. The number of ether oxygens (including phenoxy) is 1. The number of hydrogen-bond donors (Lipinski definition) is 4. The van der Waals surface area contributed by atoms with Crippen LogP contribution in [0.5, 0.6) is 5.75 Å². The quantitative estimate of drug-likeness (QED) is 0.357. The lowest BCUT2D eigenvalue weighted by Crippen LogP contribution is -2.26. The lowest BCUT2D eigenvalue weighted by Gasteiger charge is -2.24. The summed E-state index contributed by atoms with van der Waals surface area (Å²) < 4.78 is 6.13. The average Bonchev–Trinajstić information content (AvgIpc) is 2.62. The van der Waals surface area contributed by atoms with Crippen LogP contribution in [0.25, 0.3) is 0 Å². The van der Waals surface area contributed by atoms with Gasteiger partial charge in [-0.3, -0.25) is 9.59 Å². The topological polar surface area (TPSA) is 147 Å². The number of carbonyl (C=O) groups is 2. The van der Waals surface area contributed by atoms with E-state index in [0.29, 0.717) is 11.1 Å². The first kappa shape index (κ1) is 19.0. The van der Waals surface area contributed by atoms with Crippen LogP contribution in [0.2, 0.25) is 0 Å². The van der Waals surface area contributed by atoms with Crippen LogP contribution in [-0.2, 0) is 0 Å². The van der Waals surface area contributed by atoms with E-state index in [-0.39, 0.29) is 50.8 Å². The fourth-order valence-electron chi connectivity index (χ4n) is 3.24. The molecule has 0 saturated carbocycles. The Morgan fingerprint density at radius 2 is 1.41 bits per heavy atom. The summed E-state index contributed by atoms with van der Waals surface area (Å²) in [6, 6.07) is 2.98. The van der Waals surface area contributed by atoms with E-state index in [1.54, 1.807) is 0 Å². The molecule has 0 saturated heterocycles. The number of carbonyl (C=O) groups excluding carboxylic acids is 2. The van der Waals surface area contributed by atoms with Crippen molar-refractivity contribution < 1.29 is 14.3 Å². The molecule has 2 aromatic carbocycles. The minimum atomic E-state index is -0.492. The van der Waals surface area contributed by atoms with Gasteiger partial charge in [0, 0.05) is 21.9 Å². The zero-order chi connectivity index (χ0) is 19.9. The Morgan fingerprint density at radius 3 is 2.04 bits per heavy atom. The maximum Gasteiger partial charge on any atom is 0.199 e. The van der Waals surface area contributed by atoms with Gasteiger partial charge >= 0.3 is 0 Å². The predicted octanol–water partition coefficient (Wildman–Crippen LogP) is 3.12. The summed E-state index contributed by atoms with van der Waals surface area (Å²) in [6.07, 6.45) is 2.90. The van der Waals surface area contributed by atoms with Crippen LogP contribution in [0.1, 0.15) is 58.0 Å². The third-order valence-corrected chi connectivity index (χ3v) is 5.28. The first-order valence-corrected chi connectivity index (χ1v) is 9.40. The molecule has 7 nitrogen and oxygen atoms in total. The van der Waals surface area contributed by atoms with Gasteiger partial charge in [-0.05, 0) is 28.4 Å². The van der Waals surface area contributed by atoms with Gasteiger partial charge in [-0.15, -0.1) is 0 Å². The molecule has 0 amide bonds. The van der Waals surface area contributed by atoms with Gasteiger partial charge in [-0.1, -0.05) is 19.8 Å². The lowest BCUT2D eigenvalue weighted by molar-refractivity contribution is 0.0981. The van der Waals surface area contributed by atoms with Gasteiger partial charge in [0.15, 0.2) is 11.6 Å². The van der Waals surface area contributed by atoms with Crippen molar-refractivity contribution in [3.63, 3.8) is 0 Å². The lowest BCUT2D eigenvalue weighted by atomic mass is 9.80. The Bertz CT molecular complexity index is 972. The molecule has 0 bridgehead atoms. The molecule has 0 heterocycles. The smallest absolute Gasteiger partial charge is 0.199 e. The highest BCUT2D eigenvalue weighted by Crippen LogP contribution is 2.44. The summed E-state index contributed by atoms with van der Waals surface area (Å²) >= 11 is 3.26. The fraction of sp³-hybridized carbons (Fsp3) is 0.263. The molecule has 142 valence electrons. The first-order valence-electron chi connectivity index (χ1n) is 8.61. The molecule has 1 aliphatic carbocycles. The Balaban J connectivity index is 2.16. The van der Waals surface area contributed by atoms with Crippen LogP contribution >= 0.6 is 15.9 Å². The number of rotatable bonds is 5. The SMILES string of the molecule is CCCCCOc1cc(N)c2c(c1N)C(=O)c1c(N)c(Br)cc(N)c1C2=O. The van der Waals surface area contributed by atoms with Gasteiger partial charge in [0.05, 0.1) is 40.2 Å². The summed E-state index contributed by atoms with van der Waals surface area (Å²) in [5.41, 5.74) is 24.9. The number of nitrogen functional groups attached to an aromatic ring is 4. The van der Waals surface area contributed by atoms with Gasteiger partial charge in [-0.25, -0.2) is 0 Å². The normalized spacial score (nSPS) is 12.7. The molecule has 0 unspecified atom stereocenters. The van der Waals surface area contributed by atoms with Gasteiger partial charge in [-0.2, -0.15) is 0 Å². The number of unbranched alkanes of at least 4 members (excludes halogenated alkanes) is 2. The molecular weight excluding hydrogens is 412 g/mol. The second-order valence-electron chi connectivity index (χ2n) is 6.45. The third-order valence-electron chi connectivity index (χ3n) is 4.62. The van der Waals surface area contributed by atoms with Crippen LogP contribution in [0.4, 0.5) is 22.7 Å². The fourth-order valence-corrected chi connectivity index (χ4v) is 3.69. The van der Waals surface area contributed by atoms with E-state index in [9.17, 15) is 9.59 Å². The Hall–Kier alpha value is -2.74. The number of anilines is 4. The van der Waals surface area contributed by atoms with E-state index in [1.165, 1.54) is 12.1 Å². The molecule has 0 spiro atoms. The van der Waals surface area contributed by atoms with Crippen molar-refractivity contribution in [1.29, 1.82) is 0 Å². The van der Waals surface area contributed by atoms with Crippen LogP contribution in [0, 0.1) is 0 Å². The minimum Gasteiger partial charge on any atom is -0.491 e. The number of halogens is 1. The molecule has 0 radical (unpaired) electrons. The number of ketones is 2. The largest absolute Gasteiger partial charge is 0.491 e. The van der Waals surface area contributed by atoms with E-state index in [0.717, 1.165) is 19.3 Å². The molecular formula is C19H21BrN4O3. The van der Waals surface area contributed by atoms with Crippen LogP contribution in [0.3, 0.4) is 0 Å². The highest BCUT2D eigenvalue weighted by molar-refractivity contribution is 9.10. The second-order valence-corrected chi connectivity index (χ2v) is 7.31. The van der Waals surface area contributed by atoms with Crippen LogP contribution in [0.15, 0.2) is 16.6 Å². The summed E-state index contributed by atoms with van der Waals surface area (Å²) in [5, 5.41) is 0. The van der Waals surface area contributed by atoms with Crippen molar-refractivity contribution in [1.82, 2.24) is 0 Å². The van der Waals surface area contributed by atoms with Crippen molar-refractivity contribution >= 4 is 50.2 Å². The molecule has 0 atom stereocenters. The summed E-state index contributed by atoms with van der Waals surface area (Å²) in [5.74, 6) is -0.681. The predicted molar refractivity (Wildman–Crippen MR) is 110 cm³/mol. The molecule has 0 fully saturated rings. The van der Waals surface area contributed by atoms with E-state index in [4.69, 9.17) is 27.7 Å². The van der Waals surface area contributed by atoms with E-state index in [2.05, 4.69) is 22.9 Å². The molecule has 0 aliphatic heterocycles. The summed E-state index contributed by atoms with van der Waals surface area (Å²) in [6.45, 7) is 2.52. The molecule has 1 aliphatic rings. The van der Waals surface area contributed by atoms with E-state index in [1.807, 2.05) is 0 Å². The summed E-state index contributed by atoms with van der Waals surface area (Å²) in [7, 11) is 0. The van der Waals surface area contributed by atoms with Gasteiger partial charge in [0.2, 0.25) is 0 Å². The molecule has 0 aromatic heterocycles. The number of fused-ring (bicyclic) bond motifs is 2.